The zero-order valence-electron chi connectivity index (χ0n) is 22.8. The van der Waals surface area contributed by atoms with Crippen LogP contribution in [0.3, 0.4) is 0 Å². The first-order valence-electron chi connectivity index (χ1n) is 14.2. The van der Waals surface area contributed by atoms with E-state index in [1.54, 1.807) is 17.2 Å². The highest BCUT2D eigenvalue weighted by Gasteiger charge is 2.41. The van der Waals surface area contributed by atoms with E-state index in [0.717, 1.165) is 56.8 Å². The van der Waals surface area contributed by atoms with Crippen molar-refractivity contribution >= 4 is 24.2 Å². The van der Waals surface area contributed by atoms with Gasteiger partial charge in [-0.15, -0.1) is 12.4 Å². The number of amides is 2. The van der Waals surface area contributed by atoms with Crippen LogP contribution in [0, 0.1) is 0 Å². The summed E-state index contributed by atoms with van der Waals surface area (Å²) in [6.07, 6.45) is 3.37. The maximum Gasteiger partial charge on any atom is 0.416 e. The molecule has 4 fully saturated rings. The SMILES string of the molecule is CN1CCC[C@H]1C(=O)N1CCC(n2ncc(C(=O)N3CC[C@@H](c4ccccc4C(F)(F)F)C3)c2C2CC2)CC1.Cl. The summed E-state index contributed by atoms with van der Waals surface area (Å²) in [6.45, 7) is 3.05. The number of likely N-dealkylation sites (tertiary alicyclic amines) is 3. The lowest BCUT2D eigenvalue weighted by Crippen LogP contribution is -2.47. The first kappa shape index (κ1) is 28.9. The smallest absolute Gasteiger partial charge is 0.341 e. The van der Waals surface area contributed by atoms with E-state index in [2.05, 4.69) is 10.00 Å². The molecule has 0 N–H and O–H groups in total. The van der Waals surface area contributed by atoms with Gasteiger partial charge in [-0.3, -0.25) is 19.2 Å². The van der Waals surface area contributed by atoms with Crippen LogP contribution >= 0.6 is 12.4 Å². The van der Waals surface area contributed by atoms with Gasteiger partial charge in [-0.2, -0.15) is 18.3 Å². The standard InChI is InChI=1S/C29H36F3N5O2.ClH/c1-34-13-4-7-25(34)28(39)35-15-11-21(12-16-35)37-26(19-8-9-19)23(17-33-37)27(38)36-14-10-20(18-36)22-5-2-3-6-24(22)29(30,31)32;/h2-3,5-6,17,19-21,25H,4,7-16,18H2,1H3;1H/t20-,25+;/m1./s1. The van der Waals surface area contributed by atoms with E-state index in [4.69, 9.17) is 0 Å². The molecule has 3 aliphatic heterocycles. The minimum atomic E-state index is -4.42. The molecule has 40 heavy (non-hydrogen) atoms. The first-order valence-corrected chi connectivity index (χ1v) is 14.2. The molecular weight excluding hydrogens is 543 g/mol. The summed E-state index contributed by atoms with van der Waals surface area (Å²) in [5.41, 5.74) is 1.22. The van der Waals surface area contributed by atoms with Gasteiger partial charge in [0.05, 0.1) is 35.1 Å². The van der Waals surface area contributed by atoms with E-state index in [1.807, 2.05) is 16.6 Å². The Morgan fingerprint density at radius 1 is 0.900 bits per heavy atom. The summed E-state index contributed by atoms with van der Waals surface area (Å²) in [5, 5.41) is 4.69. The second-order valence-corrected chi connectivity index (χ2v) is 11.7. The molecule has 4 heterocycles. The third-order valence-electron chi connectivity index (χ3n) is 9.14. The number of piperidine rings is 1. The predicted molar refractivity (Wildman–Crippen MR) is 147 cm³/mol. The number of rotatable bonds is 5. The Bertz CT molecular complexity index is 1240. The van der Waals surface area contributed by atoms with Gasteiger partial charge in [0.1, 0.15) is 0 Å². The van der Waals surface area contributed by atoms with E-state index < -0.39 is 11.7 Å². The molecule has 1 aromatic carbocycles. The van der Waals surface area contributed by atoms with Crippen molar-refractivity contribution in [2.45, 2.75) is 75.0 Å². The van der Waals surface area contributed by atoms with E-state index in [-0.39, 0.29) is 54.3 Å². The minimum Gasteiger partial charge on any atom is -0.341 e. The molecule has 2 aromatic rings. The molecule has 2 atom stereocenters. The van der Waals surface area contributed by atoms with Gasteiger partial charge in [0.25, 0.3) is 5.91 Å². The van der Waals surface area contributed by atoms with Gasteiger partial charge in [0, 0.05) is 38.0 Å². The first-order chi connectivity index (χ1) is 18.7. The molecule has 0 bridgehead atoms. The van der Waals surface area contributed by atoms with Crippen molar-refractivity contribution in [2.75, 3.05) is 39.8 Å². The van der Waals surface area contributed by atoms with Crippen LogP contribution in [-0.4, -0.2) is 82.1 Å². The highest BCUT2D eigenvalue weighted by Crippen LogP contribution is 2.44. The molecule has 3 saturated heterocycles. The number of hydrogen-bond donors (Lipinski definition) is 0. The fraction of sp³-hybridized carbons (Fsp3) is 0.621. The maximum absolute atomic E-state index is 13.7. The molecule has 1 aliphatic carbocycles. The second kappa shape index (κ2) is 11.4. The quantitative estimate of drug-likeness (QED) is 0.495. The lowest BCUT2D eigenvalue weighted by Gasteiger charge is -2.35. The van der Waals surface area contributed by atoms with Crippen LogP contribution in [0.25, 0.3) is 0 Å². The fourth-order valence-electron chi connectivity index (χ4n) is 6.84. The zero-order chi connectivity index (χ0) is 27.3. The number of aromatic nitrogens is 2. The largest absolute Gasteiger partial charge is 0.416 e. The van der Waals surface area contributed by atoms with Crippen molar-refractivity contribution in [3.63, 3.8) is 0 Å². The molecular formula is C29H37ClF3N5O2. The summed E-state index contributed by atoms with van der Waals surface area (Å²) in [6, 6.07) is 5.84. The average Bonchev–Trinajstić information content (AvgIpc) is 3.30. The summed E-state index contributed by atoms with van der Waals surface area (Å²) in [7, 11) is 2.02. The fourth-order valence-corrected chi connectivity index (χ4v) is 6.84. The van der Waals surface area contributed by atoms with E-state index >= 15 is 0 Å². The Morgan fingerprint density at radius 2 is 1.60 bits per heavy atom. The van der Waals surface area contributed by atoms with Crippen molar-refractivity contribution in [1.29, 1.82) is 0 Å². The van der Waals surface area contributed by atoms with Gasteiger partial charge in [-0.25, -0.2) is 0 Å². The van der Waals surface area contributed by atoms with Gasteiger partial charge >= 0.3 is 6.18 Å². The van der Waals surface area contributed by atoms with E-state index in [9.17, 15) is 22.8 Å². The van der Waals surface area contributed by atoms with Gasteiger partial charge in [0.15, 0.2) is 0 Å². The van der Waals surface area contributed by atoms with Crippen LogP contribution in [0.1, 0.15) is 90.0 Å². The molecule has 6 rings (SSSR count). The number of benzene rings is 1. The summed E-state index contributed by atoms with van der Waals surface area (Å²) >= 11 is 0. The normalized spacial score (nSPS) is 24.4. The summed E-state index contributed by atoms with van der Waals surface area (Å²) in [5.74, 6) is 0.0458. The zero-order valence-corrected chi connectivity index (χ0v) is 23.6. The summed E-state index contributed by atoms with van der Waals surface area (Å²) in [4.78, 5) is 32.5. The highest BCUT2D eigenvalue weighted by atomic mass is 35.5. The van der Waals surface area contributed by atoms with Gasteiger partial charge in [-0.1, -0.05) is 18.2 Å². The van der Waals surface area contributed by atoms with Crippen LogP contribution in [0.2, 0.25) is 0 Å². The number of nitrogens with zero attached hydrogens (tertiary/aromatic N) is 5. The number of alkyl halides is 3. The van der Waals surface area contributed by atoms with Crippen LogP contribution in [-0.2, 0) is 11.0 Å². The second-order valence-electron chi connectivity index (χ2n) is 11.7. The predicted octanol–water partition coefficient (Wildman–Crippen LogP) is 5.09. The molecule has 0 spiro atoms. The van der Waals surface area contributed by atoms with E-state index in [0.29, 0.717) is 37.5 Å². The molecule has 0 unspecified atom stereocenters. The third kappa shape index (κ3) is 5.49. The van der Waals surface area contributed by atoms with Crippen molar-refractivity contribution in [1.82, 2.24) is 24.5 Å². The third-order valence-corrected chi connectivity index (χ3v) is 9.14. The maximum atomic E-state index is 13.7. The average molecular weight is 580 g/mol. The van der Waals surface area contributed by atoms with Crippen LogP contribution in [0.15, 0.2) is 30.5 Å². The molecule has 1 aromatic heterocycles. The van der Waals surface area contributed by atoms with Crippen LogP contribution < -0.4 is 0 Å². The van der Waals surface area contributed by atoms with Crippen molar-refractivity contribution in [3.05, 3.63) is 52.8 Å². The number of hydrogen-bond acceptors (Lipinski definition) is 4. The van der Waals surface area contributed by atoms with E-state index in [1.165, 1.54) is 12.1 Å². The lowest BCUT2D eigenvalue weighted by molar-refractivity contribution is -0.138. The number of carbonyl (C=O) groups excluding carboxylic acids is 2. The monoisotopic (exact) mass is 579 g/mol. The minimum absolute atomic E-state index is 0. The topological polar surface area (TPSA) is 61.7 Å². The van der Waals surface area contributed by atoms with Crippen LogP contribution in [0.4, 0.5) is 13.2 Å². The lowest BCUT2D eigenvalue weighted by atomic mass is 9.93. The Kier molecular flexibility index (Phi) is 8.21. The number of carbonyl (C=O) groups is 2. The van der Waals surface area contributed by atoms with Crippen molar-refractivity contribution in [3.8, 4) is 0 Å². The molecule has 7 nitrogen and oxygen atoms in total. The van der Waals surface area contributed by atoms with Crippen molar-refractivity contribution < 1.29 is 22.8 Å². The Hall–Kier alpha value is -2.59. The van der Waals surface area contributed by atoms with Gasteiger partial charge in [-0.05, 0) is 70.2 Å². The summed E-state index contributed by atoms with van der Waals surface area (Å²) < 4.78 is 42.8. The number of halogens is 4. The van der Waals surface area contributed by atoms with Gasteiger partial charge < -0.3 is 9.80 Å². The van der Waals surface area contributed by atoms with Gasteiger partial charge in [0.2, 0.25) is 5.91 Å². The van der Waals surface area contributed by atoms with Crippen molar-refractivity contribution in [2.24, 2.45) is 0 Å². The molecule has 11 heteroatoms. The molecule has 0 radical (unpaired) electrons. The highest BCUT2D eigenvalue weighted by molar-refractivity contribution is 5.95. The Labute approximate surface area is 239 Å². The number of likely N-dealkylation sites (N-methyl/N-ethyl adjacent to an activating group) is 1. The molecule has 2 amide bonds. The molecule has 1 saturated carbocycles. The molecule has 4 aliphatic rings. The molecule has 218 valence electrons. The Balaban J connectivity index is 0.00000323. The Morgan fingerprint density at radius 3 is 2.25 bits per heavy atom. The van der Waals surface area contributed by atoms with Crippen LogP contribution in [0.5, 0.6) is 0 Å².